The van der Waals surface area contributed by atoms with Crippen molar-refractivity contribution in [1.82, 2.24) is 15.1 Å². The number of urea groups is 1. The molecule has 3 rings (SSSR count). The minimum absolute atomic E-state index is 0.0119. The molecule has 1 aromatic carbocycles. The molecule has 0 fully saturated rings. The first-order valence-corrected chi connectivity index (χ1v) is 12.9. The molecule has 8 heteroatoms. The zero-order chi connectivity index (χ0) is 24.5. The van der Waals surface area contributed by atoms with E-state index >= 15 is 0 Å². The second-order valence-electron chi connectivity index (χ2n) is 8.83. The Labute approximate surface area is 207 Å². The van der Waals surface area contributed by atoms with Gasteiger partial charge >= 0.3 is 6.03 Å². The van der Waals surface area contributed by atoms with Crippen molar-refractivity contribution in [3.63, 3.8) is 0 Å². The Balaban J connectivity index is 1.72. The van der Waals surface area contributed by atoms with Crippen LogP contribution in [0, 0.1) is 0 Å². The molecule has 0 spiro atoms. The predicted molar refractivity (Wildman–Crippen MR) is 136 cm³/mol. The van der Waals surface area contributed by atoms with E-state index in [1.807, 2.05) is 24.0 Å². The van der Waals surface area contributed by atoms with E-state index in [-0.39, 0.29) is 24.5 Å². The fourth-order valence-electron chi connectivity index (χ4n) is 4.05. The van der Waals surface area contributed by atoms with Gasteiger partial charge in [0.05, 0.1) is 12.6 Å². The molecule has 1 aromatic heterocycles. The van der Waals surface area contributed by atoms with Gasteiger partial charge in [-0.05, 0) is 53.5 Å². The fraction of sp³-hybridized carbons (Fsp3) is 0.538. The SMILES string of the molecule is CCCNC(=O)N(CCOC)CC(=O)N1CCc2sccc2[C@@H]1COc1ccc(C(C)C)cc1. The Morgan fingerprint density at radius 3 is 2.68 bits per heavy atom. The Morgan fingerprint density at radius 2 is 2.00 bits per heavy atom. The van der Waals surface area contributed by atoms with Gasteiger partial charge in [-0.25, -0.2) is 4.79 Å². The van der Waals surface area contributed by atoms with E-state index in [4.69, 9.17) is 9.47 Å². The van der Waals surface area contributed by atoms with Crippen molar-refractivity contribution < 1.29 is 19.1 Å². The number of amides is 3. The summed E-state index contributed by atoms with van der Waals surface area (Å²) >= 11 is 1.72. The Morgan fingerprint density at radius 1 is 1.24 bits per heavy atom. The molecule has 0 saturated carbocycles. The molecule has 3 amide bonds. The van der Waals surface area contributed by atoms with Crippen LogP contribution in [-0.2, 0) is 16.0 Å². The van der Waals surface area contributed by atoms with E-state index in [1.165, 1.54) is 15.3 Å². The number of carbonyl (C=O) groups excluding carboxylic acids is 2. The summed E-state index contributed by atoms with van der Waals surface area (Å²) in [5.74, 6) is 1.17. The number of methoxy groups -OCH3 is 1. The first kappa shape index (κ1) is 26.0. The summed E-state index contributed by atoms with van der Waals surface area (Å²) in [4.78, 5) is 30.7. The predicted octanol–water partition coefficient (Wildman–Crippen LogP) is 4.44. The maximum atomic E-state index is 13.4. The van der Waals surface area contributed by atoms with Crippen LogP contribution in [0.15, 0.2) is 35.7 Å². The average molecular weight is 488 g/mol. The quantitative estimate of drug-likeness (QED) is 0.509. The summed E-state index contributed by atoms with van der Waals surface area (Å²) in [6, 6.07) is 9.82. The summed E-state index contributed by atoms with van der Waals surface area (Å²) < 4.78 is 11.3. The van der Waals surface area contributed by atoms with Crippen LogP contribution in [0.5, 0.6) is 5.75 Å². The molecule has 1 N–H and O–H groups in total. The smallest absolute Gasteiger partial charge is 0.317 e. The Kier molecular flexibility index (Phi) is 9.77. The highest BCUT2D eigenvalue weighted by Gasteiger charge is 2.33. The number of carbonyl (C=O) groups is 2. The number of hydrogen-bond donors (Lipinski definition) is 1. The fourth-order valence-corrected chi connectivity index (χ4v) is 4.98. The summed E-state index contributed by atoms with van der Waals surface area (Å²) in [5, 5.41) is 4.94. The molecule has 7 nitrogen and oxygen atoms in total. The van der Waals surface area contributed by atoms with Gasteiger partial charge in [0, 0.05) is 31.6 Å². The van der Waals surface area contributed by atoms with Gasteiger partial charge in [0.25, 0.3) is 0 Å². The summed E-state index contributed by atoms with van der Waals surface area (Å²) in [6.45, 7) is 8.63. The second kappa shape index (κ2) is 12.8. The van der Waals surface area contributed by atoms with Crippen LogP contribution in [0.1, 0.15) is 55.2 Å². The first-order valence-electron chi connectivity index (χ1n) is 12.0. The van der Waals surface area contributed by atoms with E-state index in [1.54, 1.807) is 18.4 Å². The minimum Gasteiger partial charge on any atom is -0.491 e. The second-order valence-corrected chi connectivity index (χ2v) is 9.83. The number of fused-ring (bicyclic) bond motifs is 1. The maximum absolute atomic E-state index is 13.4. The molecule has 0 saturated heterocycles. The van der Waals surface area contributed by atoms with Crippen molar-refractivity contribution in [2.75, 3.05) is 46.5 Å². The number of thiophene rings is 1. The topological polar surface area (TPSA) is 71.1 Å². The molecular formula is C26H37N3O4S. The molecule has 2 heterocycles. The number of nitrogens with zero attached hydrogens (tertiary/aromatic N) is 2. The zero-order valence-electron chi connectivity index (χ0n) is 20.7. The van der Waals surface area contributed by atoms with Crippen molar-refractivity contribution >= 4 is 23.3 Å². The van der Waals surface area contributed by atoms with Crippen LogP contribution in [-0.4, -0.2) is 68.2 Å². The summed E-state index contributed by atoms with van der Waals surface area (Å²) in [5.41, 5.74) is 2.40. The standard InChI is InChI=1S/C26H37N3O4S/c1-5-12-27-26(31)28(14-15-32-4)17-25(30)29-13-10-24-22(11-16-34-24)23(29)18-33-21-8-6-20(7-9-21)19(2)3/h6-9,11,16,19,23H,5,10,12-15,17-18H2,1-4H3,(H,27,31)/t23-/m0/s1. The van der Waals surface area contributed by atoms with E-state index in [2.05, 4.69) is 42.7 Å². The van der Waals surface area contributed by atoms with E-state index in [0.717, 1.165) is 24.2 Å². The highest BCUT2D eigenvalue weighted by molar-refractivity contribution is 7.10. The molecule has 0 radical (unpaired) electrons. The number of rotatable bonds is 11. The van der Waals surface area contributed by atoms with Gasteiger partial charge in [-0.2, -0.15) is 0 Å². The van der Waals surface area contributed by atoms with E-state index in [0.29, 0.717) is 38.8 Å². The molecular weight excluding hydrogens is 450 g/mol. The van der Waals surface area contributed by atoms with Crippen molar-refractivity contribution in [1.29, 1.82) is 0 Å². The largest absolute Gasteiger partial charge is 0.491 e. The van der Waals surface area contributed by atoms with Gasteiger partial charge in [0.15, 0.2) is 0 Å². The molecule has 2 aromatic rings. The molecule has 0 unspecified atom stereocenters. The normalized spacial score (nSPS) is 15.2. The lowest BCUT2D eigenvalue weighted by Gasteiger charge is -2.37. The number of benzene rings is 1. The summed E-state index contributed by atoms with van der Waals surface area (Å²) in [7, 11) is 1.59. The van der Waals surface area contributed by atoms with Crippen LogP contribution >= 0.6 is 11.3 Å². The maximum Gasteiger partial charge on any atom is 0.317 e. The third kappa shape index (κ3) is 6.73. The monoisotopic (exact) mass is 487 g/mol. The van der Waals surface area contributed by atoms with Crippen LogP contribution in [0.3, 0.4) is 0 Å². The molecule has 0 bridgehead atoms. The third-order valence-corrected chi connectivity index (χ3v) is 7.07. The van der Waals surface area contributed by atoms with Crippen molar-refractivity contribution in [2.24, 2.45) is 0 Å². The molecule has 34 heavy (non-hydrogen) atoms. The van der Waals surface area contributed by atoms with Crippen molar-refractivity contribution in [2.45, 2.75) is 45.6 Å². The van der Waals surface area contributed by atoms with Gasteiger partial charge < -0.3 is 24.6 Å². The Hall–Kier alpha value is -2.58. The molecule has 1 atom stereocenters. The highest BCUT2D eigenvalue weighted by Crippen LogP contribution is 2.34. The van der Waals surface area contributed by atoms with Gasteiger partial charge in [-0.1, -0.05) is 32.9 Å². The molecule has 186 valence electrons. The highest BCUT2D eigenvalue weighted by atomic mass is 32.1. The average Bonchev–Trinajstić information content (AvgIpc) is 3.32. The van der Waals surface area contributed by atoms with Gasteiger partial charge in [-0.15, -0.1) is 11.3 Å². The first-order chi connectivity index (χ1) is 16.4. The zero-order valence-corrected chi connectivity index (χ0v) is 21.5. The minimum atomic E-state index is -0.237. The number of nitrogens with one attached hydrogen (secondary N) is 1. The van der Waals surface area contributed by atoms with Gasteiger partial charge in [-0.3, -0.25) is 4.79 Å². The van der Waals surface area contributed by atoms with Crippen LogP contribution in [0.4, 0.5) is 4.79 Å². The summed E-state index contributed by atoms with van der Waals surface area (Å²) in [6.07, 6.45) is 1.65. The van der Waals surface area contributed by atoms with E-state index < -0.39 is 0 Å². The van der Waals surface area contributed by atoms with Gasteiger partial charge in [0.2, 0.25) is 5.91 Å². The van der Waals surface area contributed by atoms with Crippen LogP contribution in [0.2, 0.25) is 0 Å². The van der Waals surface area contributed by atoms with E-state index in [9.17, 15) is 9.59 Å². The molecule has 0 aliphatic carbocycles. The Bertz CT molecular complexity index is 928. The van der Waals surface area contributed by atoms with Crippen molar-refractivity contribution in [3.05, 3.63) is 51.7 Å². The number of hydrogen-bond acceptors (Lipinski definition) is 5. The molecule has 1 aliphatic heterocycles. The lowest BCUT2D eigenvalue weighted by atomic mass is 10.00. The number of ether oxygens (including phenoxy) is 2. The van der Waals surface area contributed by atoms with Crippen molar-refractivity contribution in [3.8, 4) is 5.75 Å². The lowest BCUT2D eigenvalue weighted by Crippen LogP contribution is -2.50. The van der Waals surface area contributed by atoms with Gasteiger partial charge in [0.1, 0.15) is 18.9 Å². The lowest BCUT2D eigenvalue weighted by molar-refractivity contribution is -0.135. The molecule has 1 aliphatic rings. The van der Waals surface area contributed by atoms with Crippen LogP contribution in [0.25, 0.3) is 0 Å². The third-order valence-electron chi connectivity index (χ3n) is 6.07. The van der Waals surface area contributed by atoms with Crippen LogP contribution < -0.4 is 10.1 Å².